The number of amides is 1. The summed E-state index contributed by atoms with van der Waals surface area (Å²) in [6.07, 6.45) is -1.15. The molecule has 0 spiro atoms. The Hall–Kier alpha value is -2.20. The lowest BCUT2D eigenvalue weighted by atomic mass is 10.3. The number of anilines is 1. The number of nitrogens with one attached hydrogen (secondary N) is 1. The average Bonchev–Trinajstić information content (AvgIpc) is 2.04. The molecule has 0 atom stereocenters. The number of benzene rings is 1. The number of carboxylic acid groups (broad SMARTS) is 1. The van der Waals surface area contributed by atoms with Gasteiger partial charge in [0.05, 0.1) is 0 Å². The summed E-state index contributed by atoms with van der Waals surface area (Å²) in [5.74, 6) is 0. The molecule has 0 fully saturated rings. The van der Waals surface area contributed by atoms with E-state index >= 15 is 0 Å². The van der Waals surface area contributed by atoms with Crippen LogP contribution in [0.2, 0.25) is 0 Å². The summed E-state index contributed by atoms with van der Waals surface area (Å²) in [5.41, 5.74) is 8.86. The average molecular weight is 178 g/mol. The summed E-state index contributed by atoms with van der Waals surface area (Å²) in [6, 6.07) is 6.17. The lowest BCUT2D eigenvalue weighted by Gasteiger charge is -1.99. The molecule has 0 saturated carbocycles. The van der Waals surface area contributed by atoms with Gasteiger partial charge in [0, 0.05) is 16.3 Å². The second-order valence-electron chi connectivity index (χ2n) is 2.17. The van der Waals surface area contributed by atoms with E-state index in [0.29, 0.717) is 11.4 Å². The molecule has 0 heterocycles. The molecular formula is C7H6N4O2. The molecule has 1 amide bonds. The fraction of sp³-hybridized carbons (Fsp3) is 0. The van der Waals surface area contributed by atoms with Crippen molar-refractivity contribution in [2.45, 2.75) is 0 Å². The molecule has 0 saturated heterocycles. The van der Waals surface area contributed by atoms with Crippen LogP contribution in [0, 0.1) is 0 Å². The minimum absolute atomic E-state index is 0.369. The molecule has 0 aliphatic carbocycles. The van der Waals surface area contributed by atoms with E-state index in [-0.39, 0.29) is 0 Å². The van der Waals surface area contributed by atoms with E-state index < -0.39 is 6.09 Å². The van der Waals surface area contributed by atoms with Gasteiger partial charge < -0.3 is 5.11 Å². The molecule has 0 unspecified atom stereocenters. The number of nitrogens with zero attached hydrogens (tertiary/aromatic N) is 3. The minimum atomic E-state index is -1.15. The minimum Gasteiger partial charge on any atom is -0.465 e. The van der Waals surface area contributed by atoms with Crippen LogP contribution in [0.25, 0.3) is 10.4 Å². The van der Waals surface area contributed by atoms with Crippen molar-refractivity contribution in [2.75, 3.05) is 5.32 Å². The predicted molar refractivity (Wildman–Crippen MR) is 46.9 cm³/mol. The summed E-state index contributed by atoms with van der Waals surface area (Å²) in [5, 5.41) is 13.8. The normalized spacial score (nSPS) is 8.62. The first-order chi connectivity index (χ1) is 6.22. The Bertz CT molecular complexity index is 371. The molecule has 66 valence electrons. The molecule has 1 aromatic rings. The summed E-state index contributed by atoms with van der Waals surface area (Å²) >= 11 is 0. The van der Waals surface area contributed by atoms with E-state index in [0.717, 1.165) is 0 Å². The zero-order valence-electron chi connectivity index (χ0n) is 6.51. The van der Waals surface area contributed by atoms with Crippen molar-refractivity contribution < 1.29 is 9.90 Å². The van der Waals surface area contributed by atoms with Crippen LogP contribution in [-0.4, -0.2) is 11.2 Å². The molecule has 6 nitrogen and oxygen atoms in total. The first kappa shape index (κ1) is 8.89. The van der Waals surface area contributed by atoms with Crippen LogP contribution in [-0.2, 0) is 0 Å². The van der Waals surface area contributed by atoms with Gasteiger partial charge in [0.25, 0.3) is 0 Å². The van der Waals surface area contributed by atoms with Crippen molar-refractivity contribution in [3.63, 3.8) is 0 Å². The molecule has 13 heavy (non-hydrogen) atoms. The van der Waals surface area contributed by atoms with Gasteiger partial charge in [-0.2, -0.15) is 0 Å². The van der Waals surface area contributed by atoms with Crippen LogP contribution >= 0.6 is 0 Å². The molecule has 0 radical (unpaired) electrons. The van der Waals surface area contributed by atoms with Crippen LogP contribution in [0.3, 0.4) is 0 Å². The standard InChI is InChI=1S/C7H6N4O2/c8-11-10-6-3-1-2-5(4-6)9-7(12)13/h1-4,9H,(H,12,13). The highest BCUT2D eigenvalue weighted by Crippen LogP contribution is 2.17. The second-order valence-corrected chi connectivity index (χ2v) is 2.17. The third kappa shape index (κ3) is 2.72. The van der Waals surface area contributed by atoms with Gasteiger partial charge in [-0.3, -0.25) is 5.32 Å². The van der Waals surface area contributed by atoms with Crippen molar-refractivity contribution in [1.29, 1.82) is 0 Å². The van der Waals surface area contributed by atoms with E-state index in [2.05, 4.69) is 15.3 Å². The van der Waals surface area contributed by atoms with Crippen molar-refractivity contribution in [3.8, 4) is 0 Å². The molecule has 0 aromatic heterocycles. The first-order valence-corrected chi connectivity index (χ1v) is 3.37. The maximum atomic E-state index is 10.2. The molecule has 1 aromatic carbocycles. The fourth-order valence-electron chi connectivity index (χ4n) is 0.821. The largest absolute Gasteiger partial charge is 0.465 e. The van der Waals surface area contributed by atoms with Gasteiger partial charge in [-0.1, -0.05) is 17.2 Å². The van der Waals surface area contributed by atoms with Crippen LogP contribution in [0.1, 0.15) is 0 Å². The van der Waals surface area contributed by atoms with Gasteiger partial charge in [-0.15, -0.1) is 0 Å². The quantitative estimate of drug-likeness (QED) is 0.413. The van der Waals surface area contributed by atoms with Gasteiger partial charge in [0.2, 0.25) is 0 Å². The second kappa shape index (κ2) is 3.99. The summed E-state index contributed by atoms with van der Waals surface area (Å²) < 4.78 is 0. The maximum absolute atomic E-state index is 10.2. The van der Waals surface area contributed by atoms with E-state index in [1.807, 2.05) is 0 Å². The van der Waals surface area contributed by atoms with Crippen molar-refractivity contribution >= 4 is 17.5 Å². The van der Waals surface area contributed by atoms with Gasteiger partial charge in [0.1, 0.15) is 0 Å². The smallest absolute Gasteiger partial charge is 0.409 e. The number of hydrogen-bond donors (Lipinski definition) is 2. The van der Waals surface area contributed by atoms with E-state index in [9.17, 15) is 4.79 Å². The lowest BCUT2D eigenvalue weighted by molar-refractivity contribution is 0.210. The van der Waals surface area contributed by atoms with E-state index in [1.54, 1.807) is 18.2 Å². The van der Waals surface area contributed by atoms with E-state index in [4.69, 9.17) is 10.6 Å². The number of carbonyl (C=O) groups is 1. The fourth-order valence-corrected chi connectivity index (χ4v) is 0.821. The first-order valence-electron chi connectivity index (χ1n) is 3.37. The Balaban J connectivity index is 2.91. The van der Waals surface area contributed by atoms with Gasteiger partial charge in [-0.25, -0.2) is 4.79 Å². The predicted octanol–water partition coefficient (Wildman–Crippen LogP) is 2.72. The molecule has 2 N–H and O–H groups in total. The molecule has 1 rings (SSSR count). The molecule has 0 aliphatic heterocycles. The van der Waals surface area contributed by atoms with Crippen molar-refractivity contribution in [2.24, 2.45) is 5.11 Å². The van der Waals surface area contributed by atoms with Crippen molar-refractivity contribution in [3.05, 3.63) is 34.7 Å². The van der Waals surface area contributed by atoms with E-state index in [1.165, 1.54) is 6.07 Å². The van der Waals surface area contributed by atoms with Gasteiger partial charge in [-0.05, 0) is 17.7 Å². The highest BCUT2D eigenvalue weighted by Gasteiger charge is 1.97. The van der Waals surface area contributed by atoms with Crippen molar-refractivity contribution in [1.82, 2.24) is 0 Å². The molecule has 0 aliphatic rings. The van der Waals surface area contributed by atoms with Crippen LogP contribution in [0.4, 0.5) is 16.2 Å². The monoisotopic (exact) mass is 178 g/mol. The zero-order valence-corrected chi connectivity index (χ0v) is 6.51. The Labute approximate surface area is 73.4 Å². The third-order valence-corrected chi connectivity index (χ3v) is 1.26. The summed E-state index contributed by atoms with van der Waals surface area (Å²) in [6.45, 7) is 0. The molecule has 6 heteroatoms. The molecular weight excluding hydrogens is 172 g/mol. The Morgan fingerprint density at radius 3 is 3.00 bits per heavy atom. The molecule has 0 bridgehead atoms. The number of rotatable bonds is 2. The number of hydrogen-bond acceptors (Lipinski definition) is 2. The van der Waals surface area contributed by atoms with Crippen LogP contribution in [0.15, 0.2) is 29.4 Å². The SMILES string of the molecule is [N-]=[N+]=Nc1cccc(NC(=O)O)c1. The summed E-state index contributed by atoms with van der Waals surface area (Å²) in [4.78, 5) is 12.8. The Kier molecular flexibility index (Phi) is 2.73. The topological polar surface area (TPSA) is 98.1 Å². The maximum Gasteiger partial charge on any atom is 0.409 e. The Morgan fingerprint density at radius 1 is 1.62 bits per heavy atom. The lowest BCUT2D eigenvalue weighted by Crippen LogP contribution is -2.06. The summed E-state index contributed by atoms with van der Waals surface area (Å²) in [7, 11) is 0. The van der Waals surface area contributed by atoms with Crippen LogP contribution < -0.4 is 5.32 Å². The third-order valence-electron chi connectivity index (χ3n) is 1.26. The highest BCUT2D eigenvalue weighted by molar-refractivity contribution is 5.83. The Morgan fingerprint density at radius 2 is 2.38 bits per heavy atom. The zero-order chi connectivity index (χ0) is 9.68. The number of azide groups is 1. The van der Waals surface area contributed by atoms with Crippen LogP contribution in [0.5, 0.6) is 0 Å². The van der Waals surface area contributed by atoms with Gasteiger partial charge >= 0.3 is 6.09 Å². The van der Waals surface area contributed by atoms with Gasteiger partial charge in [0.15, 0.2) is 0 Å². The highest BCUT2D eigenvalue weighted by atomic mass is 16.4.